The fraction of sp³-hybridized carbons (Fsp3) is 0.333. The van der Waals surface area contributed by atoms with Crippen LogP contribution in [-0.2, 0) is 17.9 Å². The predicted molar refractivity (Wildman–Crippen MR) is 106 cm³/mol. The van der Waals surface area contributed by atoms with Crippen molar-refractivity contribution in [1.82, 2.24) is 4.90 Å². The molecule has 0 saturated carbocycles. The van der Waals surface area contributed by atoms with Gasteiger partial charge in [0.1, 0.15) is 11.4 Å². The second kappa shape index (κ2) is 7.46. The van der Waals surface area contributed by atoms with Crippen molar-refractivity contribution in [2.45, 2.75) is 25.4 Å². The van der Waals surface area contributed by atoms with Gasteiger partial charge in [0, 0.05) is 19.1 Å². The molecule has 2 aromatic carbocycles. The average molecular weight is 393 g/mol. The third-order valence-electron chi connectivity index (χ3n) is 4.55. The summed E-state index contributed by atoms with van der Waals surface area (Å²) in [4.78, 5) is 2.48. The van der Waals surface area contributed by atoms with Crippen molar-refractivity contribution in [3.05, 3.63) is 52.0 Å². The summed E-state index contributed by atoms with van der Waals surface area (Å²) >= 11 is 13.8. The van der Waals surface area contributed by atoms with Crippen LogP contribution in [0.3, 0.4) is 0 Å². The van der Waals surface area contributed by atoms with Crippen molar-refractivity contribution in [1.29, 1.82) is 0 Å². The SMILES string of the molecule is Clc1cc(Cl)c(NC2CCCN(Cc3ccccc3)C2)c2c1N=S=N2. The molecule has 0 radical (unpaired) electrons. The van der Waals surface area contributed by atoms with Crippen LogP contribution in [0.5, 0.6) is 0 Å². The minimum Gasteiger partial charge on any atom is -0.378 e. The molecule has 1 saturated heterocycles. The fourth-order valence-electron chi connectivity index (χ4n) is 3.37. The van der Waals surface area contributed by atoms with Gasteiger partial charge in [0.25, 0.3) is 0 Å². The highest BCUT2D eigenvalue weighted by Gasteiger charge is 2.24. The van der Waals surface area contributed by atoms with Crippen LogP contribution in [0, 0.1) is 0 Å². The Morgan fingerprint density at radius 3 is 2.76 bits per heavy atom. The van der Waals surface area contributed by atoms with Gasteiger partial charge in [0.2, 0.25) is 0 Å². The Labute approximate surface area is 161 Å². The lowest BCUT2D eigenvalue weighted by atomic mass is 10.0. The Balaban J connectivity index is 1.48. The normalized spacial score (nSPS) is 19.5. The molecule has 130 valence electrons. The van der Waals surface area contributed by atoms with Crippen molar-refractivity contribution < 1.29 is 0 Å². The Hall–Kier alpha value is -1.40. The van der Waals surface area contributed by atoms with Gasteiger partial charge in [-0.25, -0.2) is 0 Å². The Bertz CT molecular complexity index is 850. The first-order valence-corrected chi connectivity index (χ1v) is 9.82. The monoisotopic (exact) mass is 392 g/mol. The summed E-state index contributed by atoms with van der Waals surface area (Å²) in [7, 11) is 0. The quantitative estimate of drug-likeness (QED) is 0.609. The number of nitrogens with one attached hydrogen (secondary N) is 1. The third-order valence-corrected chi connectivity index (χ3v) is 5.66. The molecule has 2 heterocycles. The molecule has 4 rings (SSSR count). The van der Waals surface area contributed by atoms with Crippen LogP contribution in [0.1, 0.15) is 18.4 Å². The van der Waals surface area contributed by atoms with Gasteiger partial charge in [-0.05, 0) is 31.0 Å². The maximum Gasteiger partial charge on any atom is 0.130 e. The van der Waals surface area contributed by atoms with Gasteiger partial charge < -0.3 is 5.32 Å². The van der Waals surface area contributed by atoms with Crippen LogP contribution < -0.4 is 5.32 Å². The van der Waals surface area contributed by atoms with Gasteiger partial charge in [-0.15, -0.1) is 0 Å². The lowest BCUT2D eigenvalue weighted by Gasteiger charge is -2.34. The molecule has 4 nitrogen and oxygen atoms in total. The van der Waals surface area contributed by atoms with Crippen LogP contribution in [0.4, 0.5) is 17.1 Å². The molecule has 1 unspecified atom stereocenters. The topological polar surface area (TPSA) is 40.0 Å². The summed E-state index contributed by atoms with van der Waals surface area (Å²) in [6.07, 6.45) is 2.28. The molecule has 0 aliphatic carbocycles. The average Bonchev–Trinajstić information content (AvgIpc) is 3.10. The van der Waals surface area contributed by atoms with Crippen molar-refractivity contribution in [3.8, 4) is 0 Å². The molecule has 0 amide bonds. The highest BCUT2D eigenvalue weighted by atomic mass is 35.5. The summed E-state index contributed by atoms with van der Waals surface area (Å²) in [6, 6.07) is 12.7. The lowest BCUT2D eigenvalue weighted by Crippen LogP contribution is -2.41. The second-order valence-electron chi connectivity index (χ2n) is 6.38. The molecule has 25 heavy (non-hydrogen) atoms. The number of anilines is 1. The first kappa shape index (κ1) is 17.0. The van der Waals surface area contributed by atoms with Gasteiger partial charge in [0.15, 0.2) is 0 Å². The molecule has 2 aliphatic rings. The highest BCUT2D eigenvalue weighted by Crippen LogP contribution is 2.48. The second-order valence-corrected chi connectivity index (χ2v) is 7.72. The van der Waals surface area contributed by atoms with E-state index < -0.39 is 0 Å². The highest BCUT2D eigenvalue weighted by molar-refractivity contribution is 7.58. The first-order chi connectivity index (χ1) is 12.2. The van der Waals surface area contributed by atoms with E-state index in [0.29, 0.717) is 16.1 Å². The number of hydrogen-bond acceptors (Lipinski definition) is 4. The van der Waals surface area contributed by atoms with E-state index >= 15 is 0 Å². The van der Waals surface area contributed by atoms with Crippen LogP contribution in [-0.4, -0.2) is 24.0 Å². The van der Waals surface area contributed by atoms with Gasteiger partial charge in [0.05, 0.1) is 27.1 Å². The number of hydrogen-bond donors (Lipinski definition) is 1. The number of piperidine rings is 1. The molecule has 2 aromatic rings. The van der Waals surface area contributed by atoms with Crippen LogP contribution in [0.2, 0.25) is 10.0 Å². The van der Waals surface area contributed by atoms with Crippen LogP contribution in [0.25, 0.3) is 0 Å². The van der Waals surface area contributed by atoms with Crippen molar-refractivity contribution in [3.63, 3.8) is 0 Å². The number of benzene rings is 2. The summed E-state index contributed by atoms with van der Waals surface area (Å²) in [5.74, 6) is 0. The Morgan fingerprint density at radius 2 is 1.92 bits per heavy atom. The minimum atomic E-state index is 0.334. The van der Waals surface area contributed by atoms with Crippen molar-refractivity contribution >= 4 is 51.6 Å². The zero-order valence-corrected chi connectivity index (χ0v) is 15.9. The van der Waals surface area contributed by atoms with Crippen molar-refractivity contribution in [2.75, 3.05) is 18.4 Å². The molecule has 1 fully saturated rings. The number of rotatable bonds is 4. The maximum absolute atomic E-state index is 6.43. The summed E-state index contributed by atoms with van der Waals surface area (Å²) in [5.41, 5.74) is 3.68. The first-order valence-electron chi connectivity index (χ1n) is 8.34. The van der Waals surface area contributed by atoms with E-state index in [9.17, 15) is 0 Å². The van der Waals surface area contributed by atoms with E-state index in [2.05, 4.69) is 49.3 Å². The molecular weight excluding hydrogens is 375 g/mol. The fourth-order valence-corrected chi connectivity index (χ4v) is 4.54. The van der Waals surface area contributed by atoms with E-state index in [1.165, 1.54) is 5.56 Å². The molecule has 1 N–H and O–H groups in total. The number of likely N-dealkylation sites (tertiary alicyclic amines) is 1. The standard InChI is InChI=1S/C18H18Cl2N4S/c19-14-9-15(20)17-18(23-25-22-17)16(14)21-13-7-4-8-24(11-13)10-12-5-2-1-3-6-12/h1-3,5-6,9,13,21H,4,7-8,10-11H2. The number of fused-ring (bicyclic) bond motifs is 1. The van der Waals surface area contributed by atoms with Gasteiger partial charge >= 0.3 is 0 Å². The van der Waals surface area contributed by atoms with Gasteiger partial charge in [-0.2, -0.15) is 8.73 Å². The largest absolute Gasteiger partial charge is 0.378 e. The minimum absolute atomic E-state index is 0.334. The van der Waals surface area contributed by atoms with E-state index in [-0.39, 0.29) is 0 Å². The molecule has 0 spiro atoms. The van der Waals surface area contributed by atoms with Crippen LogP contribution >= 0.6 is 23.2 Å². The third kappa shape index (κ3) is 3.75. The zero-order valence-electron chi connectivity index (χ0n) is 13.6. The van der Waals surface area contributed by atoms with E-state index in [4.69, 9.17) is 23.2 Å². The summed E-state index contributed by atoms with van der Waals surface area (Å²) < 4.78 is 8.65. The molecule has 0 bridgehead atoms. The number of nitrogens with zero attached hydrogens (tertiary/aromatic N) is 3. The molecule has 1 atom stereocenters. The van der Waals surface area contributed by atoms with E-state index in [1.807, 2.05) is 0 Å². The maximum atomic E-state index is 6.43. The van der Waals surface area contributed by atoms with Crippen LogP contribution in [0.15, 0.2) is 45.1 Å². The molecular formula is C18H18Cl2N4S. The Morgan fingerprint density at radius 1 is 1.12 bits per heavy atom. The summed E-state index contributed by atoms with van der Waals surface area (Å²) in [6.45, 7) is 3.07. The Kier molecular flexibility index (Phi) is 5.08. The van der Waals surface area contributed by atoms with Crippen molar-refractivity contribution in [2.24, 2.45) is 8.73 Å². The van der Waals surface area contributed by atoms with Gasteiger partial charge in [-0.1, -0.05) is 53.5 Å². The molecule has 2 aliphatic heterocycles. The van der Waals surface area contributed by atoms with Gasteiger partial charge in [-0.3, -0.25) is 4.90 Å². The predicted octanol–water partition coefficient (Wildman–Crippen LogP) is 5.80. The zero-order chi connectivity index (χ0) is 17.2. The molecule has 7 heteroatoms. The van der Waals surface area contributed by atoms with E-state index in [0.717, 1.165) is 60.9 Å². The molecule has 0 aromatic heterocycles. The summed E-state index contributed by atoms with van der Waals surface area (Å²) in [5, 5.41) is 4.75. The lowest BCUT2D eigenvalue weighted by molar-refractivity contribution is 0.208. The smallest absolute Gasteiger partial charge is 0.130 e. The van der Waals surface area contributed by atoms with E-state index in [1.54, 1.807) is 6.07 Å². The number of halogens is 2.